The normalized spacial score (nSPS) is 22.2. The third-order valence-electron chi connectivity index (χ3n) is 3.78. The van der Waals surface area contributed by atoms with E-state index in [1.165, 1.54) is 10.5 Å². The summed E-state index contributed by atoms with van der Waals surface area (Å²) in [5.74, 6) is -0.0551. The predicted octanol–water partition coefficient (Wildman–Crippen LogP) is 1.42. The van der Waals surface area contributed by atoms with Crippen molar-refractivity contribution in [1.29, 1.82) is 0 Å². The number of rotatable bonds is 1. The molecule has 5 nitrogen and oxygen atoms in total. The lowest BCUT2D eigenvalue weighted by Gasteiger charge is -2.32. The topological polar surface area (TPSA) is 49.9 Å². The molecule has 1 aromatic carbocycles. The molecule has 5 heteroatoms. The Morgan fingerprint density at radius 3 is 2.89 bits per heavy atom. The second-order valence-electron chi connectivity index (χ2n) is 4.93. The quantitative estimate of drug-likeness (QED) is 0.767. The van der Waals surface area contributed by atoms with Gasteiger partial charge in [-0.15, -0.1) is 0 Å². The van der Waals surface area contributed by atoms with E-state index in [4.69, 9.17) is 4.74 Å². The molecule has 2 heterocycles. The summed E-state index contributed by atoms with van der Waals surface area (Å²) >= 11 is 0. The van der Waals surface area contributed by atoms with Crippen molar-refractivity contribution in [3.63, 3.8) is 0 Å². The van der Waals surface area contributed by atoms with Gasteiger partial charge in [-0.2, -0.15) is 0 Å². The van der Waals surface area contributed by atoms with Crippen LogP contribution in [0, 0.1) is 0 Å². The Kier molecular flexibility index (Phi) is 2.89. The average Bonchev–Trinajstić information content (AvgIpc) is 2.78. The average molecular weight is 260 g/mol. The smallest absolute Gasteiger partial charge is 0.410 e. The third kappa shape index (κ3) is 1.95. The lowest BCUT2D eigenvalue weighted by molar-refractivity contribution is -0.122. The van der Waals surface area contributed by atoms with Gasteiger partial charge in [0.1, 0.15) is 12.6 Å². The van der Waals surface area contributed by atoms with Crippen LogP contribution in [0.4, 0.5) is 10.5 Å². The van der Waals surface area contributed by atoms with Gasteiger partial charge in [-0.25, -0.2) is 4.79 Å². The van der Waals surface area contributed by atoms with Gasteiger partial charge in [0.25, 0.3) is 5.91 Å². The molecule has 0 spiro atoms. The number of benzene rings is 1. The zero-order valence-electron chi connectivity index (χ0n) is 10.8. The van der Waals surface area contributed by atoms with E-state index in [1.54, 1.807) is 11.9 Å². The van der Waals surface area contributed by atoms with Crippen molar-refractivity contribution in [2.24, 2.45) is 0 Å². The van der Waals surface area contributed by atoms with Crippen LogP contribution < -0.4 is 4.90 Å². The third-order valence-corrected chi connectivity index (χ3v) is 3.78. The molecule has 0 aliphatic carbocycles. The fourth-order valence-electron chi connectivity index (χ4n) is 2.67. The molecule has 2 amide bonds. The van der Waals surface area contributed by atoms with E-state index in [9.17, 15) is 9.59 Å². The first-order valence-corrected chi connectivity index (χ1v) is 6.47. The molecule has 0 radical (unpaired) electrons. The zero-order chi connectivity index (χ0) is 13.4. The van der Waals surface area contributed by atoms with Crippen LogP contribution in [0.15, 0.2) is 24.3 Å². The summed E-state index contributed by atoms with van der Waals surface area (Å²) in [5.41, 5.74) is 2.15. The van der Waals surface area contributed by atoms with Crippen molar-refractivity contribution in [2.45, 2.75) is 18.9 Å². The number of hydrogen-bond donors (Lipinski definition) is 0. The molecular weight excluding hydrogens is 244 g/mol. The molecule has 1 atom stereocenters. The summed E-state index contributed by atoms with van der Waals surface area (Å²) in [6, 6.07) is 7.43. The predicted molar refractivity (Wildman–Crippen MR) is 70.0 cm³/mol. The SMILES string of the molecule is CN1C(=O)OCC1C(=O)N1CCCc2ccccc21. The minimum Gasteiger partial charge on any atom is -0.447 e. The van der Waals surface area contributed by atoms with Gasteiger partial charge in [0, 0.05) is 19.3 Å². The van der Waals surface area contributed by atoms with Crippen LogP contribution in [0.5, 0.6) is 0 Å². The number of fused-ring (bicyclic) bond motifs is 1. The van der Waals surface area contributed by atoms with Crippen molar-refractivity contribution in [1.82, 2.24) is 4.90 Å². The summed E-state index contributed by atoms with van der Waals surface area (Å²) in [5, 5.41) is 0. The van der Waals surface area contributed by atoms with E-state index in [0.29, 0.717) is 6.54 Å². The Bertz CT molecular complexity index is 529. The number of carbonyl (C=O) groups excluding carboxylic acids is 2. The second-order valence-corrected chi connectivity index (χ2v) is 4.93. The number of carbonyl (C=O) groups is 2. The van der Waals surface area contributed by atoms with Crippen LogP contribution in [-0.4, -0.2) is 43.1 Å². The van der Waals surface area contributed by atoms with Gasteiger partial charge < -0.3 is 9.64 Å². The number of hydrogen-bond acceptors (Lipinski definition) is 3. The van der Waals surface area contributed by atoms with Crippen LogP contribution in [0.1, 0.15) is 12.0 Å². The van der Waals surface area contributed by atoms with E-state index in [-0.39, 0.29) is 12.5 Å². The van der Waals surface area contributed by atoms with Crippen molar-refractivity contribution in [3.8, 4) is 0 Å². The van der Waals surface area contributed by atoms with Gasteiger partial charge >= 0.3 is 6.09 Å². The Morgan fingerprint density at radius 2 is 2.16 bits per heavy atom. The summed E-state index contributed by atoms with van der Waals surface area (Å²) in [6.07, 6.45) is 1.52. The monoisotopic (exact) mass is 260 g/mol. The zero-order valence-corrected chi connectivity index (χ0v) is 10.8. The molecule has 2 aliphatic heterocycles. The number of nitrogens with zero attached hydrogens (tertiary/aromatic N) is 2. The molecule has 0 saturated carbocycles. The van der Waals surface area contributed by atoms with Crippen LogP contribution >= 0.6 is 0 Å². The minimum atomic E-state index is -0.501. The lowest BCUT2D eigenvalue weighted by Crippen LogP contribution is -2.48. The maximum Gasteiger partial charge on any atom is 0.410 e. The van der Waals surface area contributed by atoms with Gasteiger partial charge in [-0.05, 0) is 24.5 Å². The van der Waals surface area contributed by atoms with Crippen molar-refractivity contribution in [3.05, 3.63) is 29.8 Å². The molecule has 19 heavy (non-hydrogen) atoms. The highest BCUT2D eigenvalue weighted by Crippen LogP contribution is 2.28. The van der Waals surface area contributed by atoms with Crippen LogP contribution in [0.3, 0.4) is 0 Å². The number of ether oxygens (including phenoxy) is 1. The van der Waals surface area contributed by atoms with E-state index < -0.39 is 12.1 Å². The number of cyclic esters (lactones) is 1. The summed E-state index contributed by atoms with van der Waals surface area (Å²) < 4.78 is 4.92. The Morgan fingerprint density at radius 1 is 1.37 bits per heavy atom. The van der Waals surface area contributed by atoms with Crippen molar-refractivity contribution < 1.29 is 14.3 Å². The fourth-order valence-corrected chi connectivity index (χ4v) is 2.67. The fraction of sp³-hybridized carbons (Fsp3) is 0.429. The number of anilines is 1. The Balaban J connectivity index is 1.87. The molecular formula is C14H16N2O3. The van der Waals surface area contributed by atoms with Gasteiger partial charge in [0.2, 0.25) is 0 Å². The summed E-state index contributed by atoms with van der Waals surface area (Å²) in [7, 11) is 1.60. The van der Waals surface area contributed by atoms with Crippen LogP contribution in [0.25, 0.3) is 0 Å². The first-order chi connectivity index (χ1) is 9.18. The largest absolute Gasteiger partial charge is 0.447 e. The van der Waals surface area contributed by atoms with Crippen LogP contribution in [-0.2, 0) is 16.0 Å². The Labute approximate surface area is 111 Å². The molecule has 0 aromatic heterocycles. The first kappa shape index (κ1) is 12.0. The molecule has 1 aromatic rings. The maximum absolute atomic E-state index is 12.6. The van der Waals surface area contributed by atoms with Gasteiger partial charge in [0.15, 0.2) is 0 Å². The van der Waals surface area contributed by atoms with E-state index in [1.807, 2.05) is 18.2 Å². The van der Waals surface area contributed by atoms with Gasteiger partial charge in [-0.3, -0.25) is 9.69 Å². The van der Waals surface area contributed by atoms with Gasteiger partial charge in [0.05, 0.1) is 0 Å². The van der Waals surface area contributed by atoms with E-state index >= 15 is 0 Å². The molecule has 0 N–H and O–H groups in total. The maximum atomic E-state index is 12.6. The highest BCUT2D eigenvalue weighted by atomic mass is 16.6. The number of amides is 2. The summed E-state index contributed by atoms with van der Waals surface area (Å²) in [4.78, 5) is 27.1. The van der Waals surface area contributed by atoms with Crippen molar-refractivity contribution >= 4 is 17.7 Å². The molecule has 1 saturated heterocycles. The standard InChI is InChI=1S/C14H16N2O3/c1-15-12(9-19-14(15)18)13(17)16-8-4-6-10-5-2-3-7-11(10)16/h2-3,5,7,12H,4,6,8-9H2,1H3. The minimum absolute atomic E-state index is 0.0551. The van der Waals surface area contributed by atoms with Crippen LogP contribution in [0.2, 0.25) is 0 Å². The second kappa shape index (κ2) is 4.57. The summed E-state index contributed by atoms with van der Waals surface area (Å²) in [6.45, 7) is 0.848. The first-order valence-electron chi connectivity index (χ1n) is 6.47. The molecule has 1 fully saturated rings. The van der Waals surface area contributed by atoms with E-state index in [2.05, 4.69) is 6.07 Å². The number of likely N-dealkylation sites (N-methyl/N-ethyl adjacent to an activating group) is 1. The molecule has 1 unspecified atom stereocenters. The molecule has 100 valence electrons. The highest BCUT2D eigenvalue weighted by molar-refractivity contribution is 6.00. The molecule has 0 bridgehead atoms. The van der Waals surface area contributed by atoms with Crippen molar-refractivity contribution in [2.75, 3.05) is 25.1 Å². The van der Waals surface area contributed by atoms with E-state index in [0.717, 1.165) is 18.5 Å². The molecule has 2 aliphatic rings. The highest BCUT2D eigenvalue weighted by Gasteiger charge is 2.38. The number of para-hydroxylation sites is 1. The Hall–Kier alpha value is -2.04. The lowest BCUT2D eigenvalue weighted by atomic mass is 10.0. The van der Waals surface area contributed by atoms with Gasteiger partial charge in [-0.1, -0.05) is 18.2 Å². The number of aryl methyl sites for hydroxylation is 1. The molecule has 3 rings (SSSR count).